The predicted octanol–water partition coefficient (Wildman–Crippen LogP) is 3.05. The molecule has 1 aromatic carbocycles. The molecular formula is C15H18N2O2S. The topological polar surface area (TPSA) is 59.1 Å². The number of pyridine rings is 1. The molecule has 0 fully saturated rings. The molecule has 0 radical (unpaired) electrons. The Hall–Kier alpha value is -1.88. The minimum atomic E-state index is -3.29. The standard InChI is InChI=1S/C15H18N2O2S/c1-10-7-11(2)15(12(3)8-10)13-5-6-14(16-9-13)17-20(4,18)19/h5-9H,1-4H3,(H,16,17). The van der Waals surface area contributed by atoms with Gasteiger partial charge in [-0.05, 0) is 49.6 Å². The lowest BCUT2D eigenvalue weighted by atomic mass is 9.95. The van der Waals surface area contributed by atoms with Crippen molar-refractivity contribution >= 4 is 15.8 Å². The maximum atomic E-state index is 11.2. The zero-order chi connectivity index (χ0) is 14.9. The zero-order valence-electron chi connectivity index (χ0n) is 12.1. The summed E-state index contributed by atoms with van der Waals surface area (Å²) in [5, 5.41) is 0. The smallest absolute Gasteiger partial charge is 0.230 e. The van der Waals surface area contributed by atoms with Crippen LogP contribution < -0.4 is 4.72 Å². The summed E-state index contributed by atoms with van der Waals surface area (Å²) in [6, 6.07) is 7.82. The van der Waals surface area contributed by atoms with Crippen LogP contribution in [0.25, 0.3) is 11.1 Å². The van der Waals surface area contributed by atoms with Gasteiger partial charge in [0.2, 0.25) is 10.0 Å². The Labute approximate surface area is 119 Å². The molecule has 0 atom stereocenters. The van der Waals surface area contributed by atoms with Crippen LogP contribution in [-0.4, -0.2) is 19.7 Å². The van der Waals surface area contributed by atoms with E-state index in [2.05, 4.69) is 42.6 Å². The van der Waals surface area contributed by atoms with Crippen molar-refractivity contribution in [1.29, 1.82) is 0 Å². The Balaban J connectivity index is 2.41. The quantitative estimate of drug-likeness (QED) is 0.945. The highest BCUT2D eigenvalue weighted by molar-refractivity contribution is 7.92. The maximum Gasteiger partial charge on any atom is 0.230 e. The largest absolute Gasteiger partial charge is 0.268 e. The van der Waals surface area contributed by atoms with Crippen LogP contribution in [0.2, 0.25) is 0 Å². The van der Waals surface area contributed by atoms with Gasteiger partial charge in [-0.25, -0.2) is 13.4 Å². The molecule has 2 aromatic rings. The van der Waals surface area contributed by atoms with Gasteiger partial charge in [-0.15, -0.1) is 0 Å². The molecule has 0 spiro atoms. The van der Waals surface area contributed by atoms with E-state index in [0.717, 1.165) is 17.4 Å². The van der Waals surface area contributed by atoms with Crippen LogP contribution in [0.4, 0.5) is 5.82 Å². The van der Waals surface area contributed by atoms with Gasteiger partial charge in [-0.1, -0.05) is 17.7 Å². The van der Waals surface area contributed by atoms with Gasteiger partial charge in [-0.3, -0.25) is 4.72 Å². The van der Waals surface area contributed by atoms with Crippen LogP contribution in [0, 0.1) is 20.8 Å². The summed E-state index contributed by atoms with van der Waals surface area (Å²) in [7, 11) is -3.29. The van der Waals surface area contributed by atoms with Crippen molar-refractivity contribution in [3.05, 3.63) is 47.2 Å². The second kappa shape index (κ2) is 5.25. The first-order chi connectivity index (χ1) is 9.26. The van der Waals surface area contributed by atoms with Gasteiger partial charge in [0.25, 0.3) is 0 Å². The third kappa shape index (κ3) is 3.36. The number of hydrogen-bond acceptors (Lipinski definition) is 3. The van der Waals surface area contributed by atoms with E-state index in [9.17, 15) is 8.42 Å². The Morgan fingerprint density at radius 1 is 1.05 bits per heavy atom. The van der Waals surface area contributed by atoms with Gasteiger partial charge in [-0.2, -0.15) is 0 Å². The van der Waals surface area contributed by atoms with Crippen molar-refractivity contribution in [2.45, 2.75) is 20.8 Å². The number of anilines is 1. The van der Waals surface area contributed by atoms with Crippen LogP contribution in [0.1, 0.15) is 16.7 Å². The number of nitrogens with zero attached hydrogens (tertiary/aromatic N) is 1. The van der Waals surface area contributed by atoms with Crippen LogP contribution in [0.15, 0.2) is 30.5 Å². The van der Waals surface area contributed by atoms with Crippen molar-refractivity contribution in [3.63, 3.8) is 0 Å². The lowest BCUT2D eigenvalue weighted by Gasteiger charge is -2.12. The molecule has 20 heavy (non-hydrogen) atoms. The molecule has 1 N–H and O–H groups in total. The van der Waals surface area contributed by atoms with Crippen molar-refractivity contribution in [3.8, 4) is 11.1 Å². The van der Waals surface area contributed by atoms with E-state index in [0.29, 0.717) is 5.82 Å². The second-order valence-corrected chi connectivity index (χ2v) is 6.83. The monoisotopic (exact) mass is 290 g/mol. The van der Waals surface area contributed by atoms with Crippen LogP contribution >= 0.6 is 0 Å². The van der Waals surface area contributed by atoms with E-state index in [4.69, 9.17) is 0 Å². The highest BCUT2D eigenvalue weighted by Crippen LogP contribution is 2.28. The van der Waals surface area contributed by atoms with Crippen molar-refractivity contribution in [2.24, 2.45) is 0 Å². The third-order valence-electron chi connectivity index (χ3n) is 3.02. The van der Waals surface area contributed by atoms with Crippen LogP contribution in [0.5, 0.6) is 0 Å². The first kappa shape index (κ1) is 14.5. The molecular weight excluding hydrogens is 272 g/mol. The highest BCUT2D eigenvalue weighted by Gasteiger charge is 2.08. The fourth-order valence-corrected chi connectivity index (χ4v) is 2.93. The minimum absolute atomic E-state index is 0.332. The van der Waals surface area contributed by atoms with Gasteiger partial charge in [0, 0.05) is 11.8 Å². The van der Waals surface area contributed by atoms with Crippen LogP contribution in [-0.2, 0) is 10.0 Å². The number of hydrogen-bond donors (Lipinski definition) is 1. The molecule has 0 amide bonds. The van der Waals surface area contributed by atoms with Gasteiger partial charge in [0.05, 0.1) is 6.26 Å². The second-order valence-electron chi connectivity index (χ2n) is 5.08. The first-order valence-electron chi connectivity index (χ1n) is 6.28. The van der Waals surface area contributed by atoms with E-state index in [-0.39, 0.29) is 0 Å². The summed E-state index contributed by atoms with van der Waals surface area (Å²) in [5.74, 6) is 0.332. The van der Waals surface area contributed by atoms with Crippen molar-refractivity contribution < 1.29 is 8.42 Å². The van der Waals surface area contributed by atoms with Gasteiger partial charge in [0.15, 0.2) is 0 Å². The molecule has 0 aliphatic carbocycles. The van der Waals surface area contributed by atoms with Gasteiger partial charge in [0.1, 0.15) is 5.82 Å². The SMILES string of the molecule is Cc1cc(C)c(-c2ccc(NS(C)(=O)=O)nc2)c(C)c1. The molecule has 0 saturated heterocycles. The first-order valence-corrected chi connectivity index (χ1v) is 8.17. The average Bonchev–Trinajstić information content (AvgIpc) is 2.28. The number of rotatable bonds is 3. The molecule has 5 heteroatoms. The molecule has 0 aliphatic rings. The van der Waals surface area contributed by atoms with Crippen molar-refractivity contribution in [2.75, 3.05) is 11.0 Å². The molecule has 0 unspecified atom stereocenters. The van der Waals surface area contributed by atoms with Crippen LogP contribution in [0.3, 0.4) is 0 Å². The summed E-state index contributed by atoms with van der Waals surface area (Å²) < 4.78 is 24.7. The summed E-state index contributed by atoms with van der Waals surface area (Å²) in [4.78, 5) is 4.15. The van der Waals surface area contributed by atoms with Gasteiger partial charge < -0.3 is 0 Å². The van der Waals surface area contributed by atoms with Crippen molar-refractivity contribution in [1.82, 2.24) is 4.98 Å². The molecule has 0 saturated carbocycles. The summed E-state index contributed by atoms with van der Waals surface area (Å²) >= 11 is 0. The molecule has 106 valence electrons. The van der Waals surface area contributed by atoms with E-state index < -0.39 is 10.0 Å². The Bertz CT molecular complexity index is 712. The molecule has 1 aromatic heterocycles. The van der Waals surface area contributed by atoms with E-state index in [1.54, 1.807) is 12.3 Å². The normalized spacial score (nSPS) is 11.4. The summed E-state index contributed by atoms with van der Waals surface area (Å²) in [5.41, 5.74) is 5.74. The third-order valence-corrected chi connectivity index (χ3v) is 3.60. The Kier molecular flexibility index (Phi) is 3.81. The lowest BCUT2D eigenvalue weighted by Crippen LogP contribution is -2.10. The summed E-state index contributed by atoms with van der Waals surface area (Å²) in [6.45, 7) is 6.21. The number of aryl methyl sites for hydroxylation is 3. The number of nitrogens with one attached hydrogen (secondary N) is 1. The molecule has 0 bridgehead atoms. The zero-order valence-corrected chi connectivity index (χ0v) is 12.9. The maximum absolute atomic E-state index is 11.2. The highest BCUT2D eigenvalue weighted by atomic mass is 32.2. The van der Waals surface area contributed by atoms with Gasteiger partial charge >= 0.3 is 0 Å². The number of aromatic nitrogens is 1. The van der Waals surface area contributed by atoms with E-state index >= 15 is 0 Å². The minimum Gasteiger partial charge on any atom is -0.268 e. The predicted molar refractivity (Wildman–Crippen MR) is 82.4 cm³/mol. The number of sulfonamides is 1. The van der Waals surface area contributed by atoms with E-state index in [1.165, 1.54) is 16.7 Å². The Morgan fingerprint density at radius 2 is 1.65 bits per heavy atom. The molecule has 4 nitrogen and oxygen atoms in total. The molecule has 1 heterocycles. The number of benzene rings is 1. The molecule has 2 rings (SSSR count). The molecule has 0 aliphatic heterocycles. The fraction of sp³-hybridized carbons (Fsp3) is 0.267. The fourth-order valence-electron chi connectivity index (χ4n) is 2.43. The van der Waals surface area contributed by atoms with E-state index in [1.807, 2.05) is 6.07 Å². The Morgan fingerprint density at radius 3 is 2.10 bits per heavy atom. The lowest BCUT2D eigenvalue weighted by molar-refractivity contribution is 0.606. The summed E-state index contributed by atoms with van der Waals surface area (Å²) in [6.07, 6.45) is 2.80. The average molecular weight is 290 g/mol.